The van der Waals surface area contributed by atoms with Gasteiger partial charge in [0.15, 0.2) is 0 Å². The zero-order valence-corrected chi connectivity index (χ0v) is 11.2. The van der Waals surface area contributed by atoms with Gasteiger partial charge >= 0.3 is 12.0 Å². The van der Waals surface area contributed by atoms with Crippen LogP contribution in [-0.4, -0.2) is 66.2 Å². The van der Waals surface area contributed by atoms with E-state index < -0.39 is 5.97 Å². The molecule has 1 aliphatic rings. The first kappa shape index (κ1) is 14.8. The Hall–Kier alpha value is -1.30. The van der Waals surface area contributed by atoms with Crippen LogP contribution < -0.4 is 5.32 Å². The largest absolute Gasteiger partial charge is 0.481 e. The van der Waals surface area contributed by atoms with Crippen molar-refractivity contribution in [3.05, 3.63) is 0 Å². The fraction of sp³-hybridized carbons (Fsp3) is 0.833. The molecule has 0 bridgehead atoms. The maximum absolute atomic E-state index is 12.0. The number of hydrogen-bond donors (Lipinski definition) is 2. The van der Waals surface area contributed by atoms with E-state index in [0.717, 1.165) is 25.9 Å². The van der Waals surface area contributed by atoms with Crippen molar-refractivity contribution in [3.63, 3.8) is 0 Å². The van der Waals surface area contributed by atoms with E-state index in [1.165, 1.54) is 0 Å². The monoisotopic (exact) mass is 257 g/mol. The van der Waals surface area contributed by atoms with Crippen LogP contribution in [0.15, 0.2) is 0 Å². The average Bonchev–Trinajstić information content (AvgIpc) is 2.29. The Kier molecular flexibility index (Phi) is 5.91. The van der Waals surface area contributed by atoms with Crippen LogP contribution >= 0.6 is 0 Å². The second-order valence-electron chi connectivity index (χ2n) is 4.77. The molecule has 0 radical (unpaired) electrons. The molecule has 1 atom stereocenters. The predicted octanol–water partition coefficient (Wildman–Crippen LogP) is 0.587. The summed E-state index contributed by atoms with van der Waals surface area (Å²) in [5.74, 6) is -0.876. The summed E-state index contributed by atoms with van der Waals surface area (Å²) in [4.78, 5) is 26.2. The lowest BCUT2D eigenvalue weighted by molar-refractivity contribution is -0.137. The molecule has 1 aliphatic heterocycles. The standard InChI is InChI=1S/C12H23N3O3/c1-3-15(8-6-11(16)17)12(18)13-10-5-4-7-14(2)9-10/h10H,3-9H2,1-2H3,(H,13,18)(H,16,17). The van der Waals surface area contributed by atoms with E-state index in [4.69, 9.17) is 5.11 Å². The number of piperidine rings is 1. The van der Waals surface area contributed by atoms with Crippen LogP contribution in [0, 0.1) is 0 Å². The van der Waals surface area contributed by atoms with Gasteiger partial charge in [0, 0.05) is 25.7 Å². The second kappa shape index (κ2) is 7.20. The molecule has 1 unspecified atom stereocenters. The highest BCUT2D eigenvalue weighted by molar-refractivity contribution is 5.75. The molecule has 0 saturated carbocycles. The van der Waals surface area contributed by atoms with Crippen LogP contribution in [0.25, 0.3) is 0 Å². The van der Waals surface area contributed by atoms with E-state index in [0.29, 0.717) is 6.54 Å². The fourth-order valence-corrected chi connectivity index (χ4v) is 2.18. The Morgan fingerprint density at radius 1 is 1.50 bits per heavy atom. The van der Waals surface area contributed by atoms with Gasteiger partial charge in [-0.1, -0.05) is 0 Å². The van der Waals surface area contributed by atoms with E-state index in [1.54, 1.807) is 4.90 Å². The molecule has 0 aromatic carbocycles. The number of carboxylic acids is 1. The van der Waals surface area contributed by atoms with Crippen molar-refractivity contribution in [3.8, 4) is 0 Å². The first-order valence-corrected chi connectivity index (χ1v) is 6.48. The molecule has 1 rings (SSSR count). The van der Waals surface area contributed by atoms with Crippen molar-refractivity contribution >= 4 is 12.0 Å². The summed E-state index contributed by atoms with van der Waals surface area (Å²) < 4.78 is 0. The summed E-state index contributed by atoms with van der Waals surface area (Å²) in [7, 11) is 2.04. The SMILES string of the molecule is CCN(CCC(=O)O)C(=O)NC1CCCN(C)C1. The van der Waals surface area contributed by atoms with Gasteiger partial charge in [-0.05, 0) is 33.4 Å². The highest BCUT2D eigenvalue weighted by atomic mass is 16.4. The Morgan fingerprint density at radius 2 is 2.22 bits per heavy atom. The number of carbonyl (C=O) groups is 2. The van der Waals surface area contributed by atoms with Crippen LogP contribution in [0.5, 0.6) is 0 Å². The quantitative estimate of drug-likeness (QED) is 0.756. The summed E-state index contributed by atoms with van der Waals surface area (Å²) in [6.07, 6.45) is 2.07. The highest BCUT2D eigenvalue weighted by Crippen LogP contribution is 2.08. The molecule has 2 N–H and O–H groups in total. The summed E-state index contributed by atoms with van der Waals surface area (Å²) in [6.45, 7) is 4.58. The number of rotatable bonds is 5. The first-order chi connectivity index (χ1) is 8.52. The van der Waals surface area contributed by atoms with Crippen molar-refractivity contribution in [1.29, 1.82) is 0 Å². The summed E-state index contributed by atoms with van der Waals surface area (Å²) >= 11 is 0. The summed E-state index contributed by atoms with van der Waals surface area (Å²) in [6, 6.07) is 0.0224. The van der Waals surface area contributed by atoms with Crippen molar-refractivity contribution in [2.75, 3.05) is 33.2 Å². The van der Waals surface area contributed by atoms with E-state index in [9.17, 15) is 9.59 Å². The topological polar surface area (TPSA) is 72.9 Å². The van der Waals surface area contributed by atoms with E-state index in [1.807, 2.05) is 14.0 Å². The van der Waals surface area contributed by atoms with Gasteiger partial charge in [0.05, 0.1) is 6.42 Å². The second-order valence-corrected chi connectivity index (χ2v) is 4.77. The Balaban J connectivity index is 2.38. The minimum Gasteiger partial charge on any atom is -0.481 e. The molecular formula is C12H23N3O3. The molecule has 1 saturated heterocycles. The fourth-order valence-electron chi connectivity index (χ4n) is 2.18. The molecule has 2 amide bonds. The molecule has 0 aromatic heterocycles. The smallest absolute Gasteiger partial charge is 0.317 e. The predicted molar refractivity (Wildman–Crippen MR) is 68.6 cm³/mol. The van der Waals surface area contributed by atoms with Gasteiger partial charge in [-0.25, -0.2) is 4.79 Å². The molecule has 0 spiro atoms. The number of hydrogen-bond acceptors (Lipinski definition) is 3. The lowest BCUT2D eigenvalue weighted by Crippen LogP contribution is -2.51. The number of likely N-dealkylation sites (N-methyl/N-ethyl adjacent to an activating group) is 1. The number of nitrogens with zero attached hydrogens (tertiary/aromatic N) is 2. The third kappa shape index (κ3) is 4.91. The van der Waals surface area contributed by atoms with Gasteiger partial charge < -0.3 is 20.2 Å². The van der Waals surface area contributed by atoms with Crippen LogP contribution in [0.4, 0.5) is 4.79 Å². The summed E-state index contributed by atoms with van der Waals surface area (Å²) in [5, 5.41) is 11.6. The molecule has 1 heterocycles. The molecule has 1 fully saturated rings. The van der Waals surface area contributed by atoms with Gasteiger partial charge in [-0.3, -0.25) is 4.79 Å². The average molecular weight is 257 g/mol. The molecule has 6 heteroatoms. The maximum Gasteiger partial charge on any atom is 0.317 e. The van der Waals surface area contributed by atoms with Gasteiger partial charge in [-0.15, -0.1) is 0 Å². The molecule has 18 heavy (non-hydrogen) atoms. The number of carbonyl (C=O) groups excluding carboxylic acids is 1. The van der Waals surface area contributed by atoms with E-state index >= 15 is 0 Å². The van der Waals surface area contributed by atoms with Crippen molar-refractivity contribution in [2.24, 2.45) is 0 Å². The zero-order valence-electron chi connectivity index (χ0n) is 11.2. The molecule has 6 nitrogen and oxygen atoms in total. The normalized spacial score (nSPS) is 20.4. The molecule has 0 aliphatic carbocycles. The molecule has 104 valence electrons. The number of carboxylic acid groups (broad SMARTS) is 1. The number of amides is 2. The third-order valence-electron chi connectivity index (χ3n) is 3.22. The number of aliphatic carboxylic acids is 1. The van der Waals surface area contributed by atoms with Gasteiger partial charge in [-0.2, -0.15) is 0 Å². The third-order valence-corrected chi connectivity index (χ3v) is 3.22. The van der Waals surface area contributed by atoms with Crippen molar-refractivity contribution < 1.29 is 14.7 Å². The number of likely N-dealkylation sites (tertiary alicyclic amines) is 1. The lowest BCUT2D eigenvalue weighted by atomic mass is 10.1. The highest BCUT2D eigenvalue weighted by Gasteiger charge is 2.21. The van der Waals surface area contributed by atoms with Crippen LogP contribution in [0.1, 0.15) is 26.2 Å². The molecular weight excluding hydrogens is 234 g/mol. The number of nitrogens with one attached hydrogen (secondary N) is 1. The van der Waals surface area contributed by atoms with Crippen molar-refractivity contribution in [1.82, 2.24) is 15.1 Å². The van der Waals surface area contributed by atoms with Gasteiger partial charge in [0.1, 0.15) is 0 Å². The Morgan fingerprint density at radius 3 is 2.78 bits per heavy atom. The minimum absolute atomic E-state index is 0.00811. The lowest BCUT2D eigenvalue weighted by Gasteiger charge is -2.32. The van der Waals surface area contributed by atoms with Crippen LogP contribution in [0.2, 0.25) is 0 Å². The van der Waals surface area contributed by atoms with E-state index in [2.05, 4.69) is 10.2 Å². The van der Waals surface area contributed by atoms with Crippen molar-refractivity contribution in [2.45, 2.75) is 32.2 Å². The van der Waals surface area contributed by atoms with Gasteiger partial charge in [0.2, 0.25) is 0 Å². The van der Waals surface area contributed by atoms with Gasteiger partial charge in [0.25, 0.3) is 0 Å². The molecule has 0 aromatic rings. The minimum atomic E-state index is -0.876. The Labute approximate surface area is 108 Å². The van der Waals surface area contributed by atoms with Crippen LogP contribution in [-0.2, 0) is 4.79 Å². The summed E-state index contributed by atoms with van der Waals surface area (Å²) in [5.41, 5.74) is 0. The maximum atomic E-state index is 12.0. The van der Waals surface area contributed by atoms with E-state index in [-0.39, 0.29) is 25.0 Å². The first-order valence-electron chi connectivity index (χ1n) is 6.48. The Bertz CT molecular complexity index is 296. The van der Waals surface area contributed by atoms with Crippen LogP contribution in [0.3, 0.4) is 0 Å². The number of urea groups is 1. The zero-order chi connectivity index (χ0) is 13.5.